The smallest absolute Gasteiger partial charge is 0.324 e. The normalized spacial score (nSPS) is 12.2. The van der Waals surface area contributed by atoms with E-state index in [1.165, 1.54) is 0 Å². The molecular formula is C9H8I3NO3. The first-order chi connectivity index (χ1) is 7.41. The van der Waals surface area contributed by atoms with Crippen LogP contribution in [0.5, 0.6) is 5.75 Å². The van der Waals surface area contributed by atoms with E-state index in [0.29, 0.717) is 5.75 Å². The molecule has 0 aliphatic carbocycles. The number of ether oxygens (including phenoxy) is 1. The second-order valence-corrected chi connectivity index (χ2v) is 6.52. The molecule has 0 aliphatic heterocycles. The third-order valence-corrected chi connectivity index (χ3v) is 3.91. The van der Waals surface area contributed by atoms with Gasteiger partial charge in [0.2, 0.25) is 0 Å². The Hall–Kier alpha value is 0.640. The lowest BCUT2D eigenvalue weighted by Crippen LogP contribution is -2.36. The van der Waals surface area contributed by atoms with Gasteiger partial charge in [-0.2, -0.15) is 0 Å². The fourth-order valence-electron chi connectivity index (χ4n) is 0.911. The van der Waals surface area contributed by atoms with Crippen LogP contribution in [-0.4, -0.2) is 23.7 Å². The molecule has 4 nitrogen and oxygen atoms in total. The maximum Gasteiger partial charge on any atom is 0.324 e. The van der Waals surface area contributed by atoms with E-state index in [1.807, 2.05) is 12.1 Å². The van der Waals surface area contributed by atoms with E-state index in [1.54, 1.807) is 0 Å². The van der Waals surface area contributed by atoms with Gasteiger partial charge in [-0.05, 0) is 79.9 Å². The number of hydrogen-bond acceptors (Lipinski definition) is 3. The van der Waals surface area contributed by atoms with Gasteiger partial charge in [0.05, 0.1) is 7.14 Å². The van der Waals surface area contributed by atoms with Crippen molar-refractivity contribution in [2.24, 2.45) is 5.73 Å². The summed E-state index contributed by atoms with van der Waals surface area (Å²) in [4.78, 5) is 10.5. The van der Waals surface area contributed by atoms with E-state index in [4.69, 9.17) is 15.6 Å². The SMILES string of the molecule is NC(COc1c(I)cc(I)cc1I)C(=O)O. The monoisotopic (exact) mass is 559 g/mol. The van der Waals surface area contributed by atoms with E-state index < -0.39 is 12.0 Å². The summed E-state index contributed by atoms with van der Waals surface area (Å²) in [7, 11) is 0. The van der Waals surface area contributed by atoms with Gasteiger partial charge in [0.15, 0.2) is 0 Å². The first kappa shape index (κ1) is 14.7. The maximum atomic E-state index is 10.5. The standard InChI is InChI=1S/C9H8I3NO3/c10-4-1-5(11)8(6(12)2-4)16-3-7(13)9(14)15/h1-2,7H,3,13H2,(H,14,15). The fraction of sp³-hybridized carbons (Fsp3) is 0.222. The van der Waals surface area contributed by atoms with Crippen LogP contribution in [-0.2, 0) is 4.79 Å². The van der Waals surface area contributed by atoms with E-state index in [2.05, 4.69) is 67.8 Å². The summed E-state index contributed by atoms with van der Waals surface area (Å²) in [5.41, 5.74) is 5.36. The minimum atomic E-state index is -1.06. The Balaban J connectivity index is 2.78. The maximum absolute atomic E-state index is 10.5. The van der Waals surface area contributed by atoms with E-state index in [9.17, 15) is 4.79 Å². The van der Waals surface area contributed by atoms with Crippen molar-refractivity contribution in [3.05, 3.63) is 22.8 Å². The van der Waals surface area contributed by atoms with Gasteiger partial charge in [0, 0.05) is 3.57 Å². The van der Waals surface area contributed by atoms with Crippen LogP contribution in [0.15, 0.2) is 12.1 Å². The van der Waals surface area contributed by atoms with E-state index in [-0.39, 0.29) is 6.61 Å². The van der Waals surface area contributed by atoms with Crippen molar-refractivity contribution >= 4 is 73.7 Å². The topological polar surface area (TPSA) is 72.5 Å². The molecule has 88 valence electrons. The number of hydrogen-bond donors (Lipinski definition) is 2. The van der Waals surface area contributed by atoms with Crippen LogP contribution >= 0.6 is 67.8 Å². The highest BCUT2D eigenvalue weighted by Crippen LogP contribution is 2.29. The van der Waals surface area contributed by atoms with Crippen LogP contribution in [0.3, 0.4) is 0 Å². The van der Waals surface area contributed by atoms with Crippen LogP contribution in [0.25, 0.3) is 0 Å². The van der Waals surface area contributed by atoms with Crippen LogP contribution in [0.4, 0.5) is 0 Å². The summed E-state index contributed by atoms with van der Waals surface area (Å²) in [6, 6.07) is 2.93. The first-order valence-electron chi connectivity index (χ1n) is 4.17. The largest absolute Gasteiger partial charge is 0.489 e. The fourth-order valence-corrected chi connectivity index (χ4v) is 4.81. The van der Waals surface area contributed by atoms with Crippen molar-refractivity contribution < 1.29 is 14.6 Å². The van der Waals surface area contributed by atoms with Gasteiger partial charge in [0.1, 0.15) is 18.4 Å². The van der Waals surface area contributed by atoms with Gasteiger partial charge >= 0.3 is 5.97 Å². The molecule has 0 heterocycles. The zero-order valence-electron chi connectivity index (χ0n) is 7.91. The molecule has 0 bridgehead atoms. The van der Waals surface area contributed by atoms with Gasteiger partial charge < -0.3 is 15.6 Å². The van der Waals surface area contributed by atoms with Gasteiger partial charge in [-0.3, -0.25) is 4.79 Å². The summed E-state index contributed by atoms with van der Waals surface area (Å²) in [6.07, 6.45) is 0. The van der Waals surface area contributed by atoms with Crippen molar-refractivity contribution in [1.82, 2.24) is 0 Å². The molecule has 0 aromatic heterocycles. The molecule has 0 radical (unpaired) electrons. The van der Waals surface area contributed by atoms with Gasteiger partial charge in [-0.1, -0.05) is 0 Å². The third-order valence-electron chi connectivity index (χ3n) is 1.69. The lowest BCUT2D eigenvalue weighted by atomic mass is 10.3. The Labute approximate surface area is 134 Å². The molecule has 3 N–H and O–H groups in total. The molecule has 1 aromatic carbocycles. The van der Waals surface area contributed by atoms with Gasteiger partial charge in [-0.15, -0.1) is 0 Å². The highest BCUT2D eigenvalue weighted by Gasteiger charge is 2.14. The highest BCUT2D eigenvalue weighted by molar-refractivity contribution is 14.1. The second kappa shape index (κ2) is 6.54. The molecule has 7 heteroatoms. The molecule has 16 heavy (non-hydrogen) atoms. The highest BCUT2D eigenvalue weighted by atomic mass is 127. The summed E-state index contributed by atoms with van der Waals surface area (Å²) in [5, 5.41) is 8.63. The summed E-state index contributed by atoms with van der Waals surface area (Å²) >= 11 is 6.52. The summed E-state index contributed by atoms with van der Waals surface area (Å²) in [5.74, 6) is -0.367. The Morgan fingerprint density at radius 2 is 1.88 bits per heavy atom. The average molecular weight is 559 g/mol. The minimum absolute atomic E-state index is 0.0259. The number of benzene rings is 1. The van der Waals surface area contributed by atoms with Crippen LogP contribution in [0, 0.1) is 10.7 Å². The Kier molecular flexibility index (Phi) is 6.01. The number of aliphatic carboxylic acids is 1. The lowest BCUT2D eigenvalue weighted by Gasteiger charge is -2.12. The van der Waals surface area contributed by atoms with Crippen LogP contribution < -0.4 is 10.5 Å². The summed E-state index contributed by atoms with van der Waals surface area (Å²) in [6.45, 7) is -0.0259. The Morgan fingerprint density at radius 3 is 2.31 bits per heavy atom. The number of nitrogens with two attached hydrogens (primary N) is 1. The molecule has 0 aliphatic rings. The van der Waals surface area contributed by atoms with Crippen molar-refractivity contribution in [1.29, 1.82) is 0 Å². The second-order valence-electron chi connectivity index (χ2n) is 2.95. The minimum Gasteiger partial charge on any atom is -0.489 e. The molecule has 1 rings (SSSR count). The predicted molar refractivity (Wildman–Crippen MR) is 85.7 cm³/mol. The number of carbonyl (C=O) groups is 1. The first-order valence-corrected chi connectivity index (χ1v) is 7.41. The molecule has 0 saturated heterocycles. The molecular weight excluding hydrogens is 551 g/mol. The summed E-state index contributed by atoms with van der Waals surface area (Å²) < 4.78 is 8.43. The van der Waals surface area contributed by atoms with Crippen molar-refractivity contribution in [3.63, 3.8) is 0 Å². The van der Waals surface area contributed by atoms with E-state index >= 15 is 0 Å². The van der Waals surface area contributed by atoms with Crippen LogP contribution in [0.2, 0.25) is 0 Å². The molecule has 1 aromatic rings. The Morgan fingerprint density at radius 1 is 1.38 bits per heavy atom. The van der Waals surface area contributed by atoms with Crippen LogP contribution in [0.1, 0.15) is 0 Å². The third kappa shape index (κ3) is 4.14. The Bertz CT molecular complexity index is 388. The number of halogens is 3. The molecule has 1 unspecified atom stereocenters. The van der Waals surface area contributed by atoms with Gasteiger partial charge in [0.25, 0.3) is 0 Å². The number of carboxylic acid groups (broad SMARTS) is 1. The number of carboxylic acids is 1. The molecule has 1 atom stereocenters. The lowest BCUT2D eigenvalue weighted by molar-refractivity contribution is -0.139. The molecule has 0 spiro atoms. The van der Waals surface area contributed by atoms with Crippen molar-refractivity contribution in [2.45, 2.75) is 6.04 Å². The van der Waals surface area contributed by atoms with E-state index in [0.717, 1.165) is 10.7 Å². The molecule has 0 amide bonds. The zero-order chi connectivity index (χ0) is 12.3. The zero-order valence-corrected chi connectivity index (χ0v) is 14.4. The van der Waals surface area contributed by atoms with Gasteiger partial charge in [-0.25, -0.2) is 0 Å². The van der Waals surface area contributed by atoms with Crippen molar-refractivity contribution in [3.8, 4) is 5.75 Å². The number of rotatable bonds is 4. The molecule has 0 fully saturated rings. The molecule has 0 saturated carbocycles. The average Bonchev–Trinajstić information content (AvgIpc) is 2.15. The van der Waals surface area contributed by atoms with Crippen molar-refractivity contribution in [2.75, 3.05) is 6.61 Å². The quantitative estimate of drug-likeness (QED) is 0.557. The predicted octanol–water partition coefficient (Wildman–Crippen LogP) is 2.29.